The zero-order valence-corrected chi connectivity index (χ0v) is 12.8. The minimum Gasteiger partial charge on any atom is -0.339 e. The fourth-order valence-electron chi connectivity index (χ4n) is 2.01. The van der Waals surface area contributed by atoms with Crippen LogP contribution >= 0.6 is 28.3 Å². The number of rotatable bonds is 1. The first-order chi connectivity index (χ1) is 8.08. The Balaban J connectivity index is 0.00000162. The molecule has 0 spiro atoms. The summed E-state index contributed by atoms with van der Waals surface area (Å²) in [6.07, 6.45) is 1.80. The molecule has 0 saturated carbocycles. The summed E-state index contributed by atoms with van der Waals surface area (Å²) in [6.45, 7) is 3.55. The summed E-state index contributed by atoms with van der Waals surface area (Å²) in [5.74, 6) is 0.109. The zero-order valence-electron chi connectivity index (χ0n) is 10.4. The van der Waals surface area contributed by atoms with Crippen LogP contribution in [0.1, 0.15) is 28.8 Å². The second kappa shape index (κ2) is 6.55. The SMILES string of the molecule is Cc1ccc(C(=O)N2CCC(N)CC2)cc1Br.Cl. The lowest BCUT2D eigenvalue weighted by molar-refractivity contribution is 0.0714. The number of carbonyl (C=O) groups is 1. The molecular weight excluding hydrogens is 316 g/mol. The van der Waals surface area contributed by atoms with E-state index < -0.39 is 0 Å². The second-order valence-corrected chi connectivity index (χ2v) is 5.45. The summed E-state index contributed by atoms with van der Waals surface area (Å²) < 4.78 is 0.983. The Labute approximate surface area is 122 Å². The molecule has 5 heteroatoms. The van der Waals surface area contributed by atoms with Crippen LogP contribution in [0.3, 0.4) is 0 Å². The third-order valence-corrected chi connectivity index (χ3v) is 4.10. The Bertz CT molecular complexity index is 431. The number of amides is 1. The Morgan fingerprint density at radius 3 is 2.56 bits per heavy atom. The molecule has 18 heavy (non-hydrogen) atoms. The van der Waals surface area contributed by atoms with Crippen LogP contribution in [0.25, 0.3) is 0 Å². The van der Waals surface area contributed by atoms with Crippen molar-refractivity contribution in [2.45, 2.75) is 25.8 Å². The maximum Gasteiger partial charge on any atom is 0.253 e. The summed E-state index contributed by atoms with van der Waals surface area (Å²) in [5.41, 5.74) is 7.72. The van der Waals surface area contributed by atoms with Crippen molar-refractivity contribution >= 4 is 34.2 Å². The molecule has 0 aliphatic carbocycles. The van der Waals surface area contributed by atoms with Crippen LogP contribution in [0.5, 0.6) is 0 Å². The molecule has 1 fully saturated rings. The maximum absolute atomic E-state index is 12.2. The Kier molecular flexibility index (Phi) is 5.63. The van der Waals surface area contributed by atoms with Crippen LogP contribution in [-0.4, -0.2) is 29.9 Å². The molecule has 3 nitrogen and oxygen atoms in total. The minimum atomic E-state index is 0. The predicted octanol–water partition coefficient (Wildman–Crippen LogP) is 2.74. The zero-order chi connectivity index (χ0) is 12.4. The quantitative estimate of drug-likeness (QED) is 0.859. The molecule has 2 rings (SSSR count). The predicted molar refractivity (Wildman–Crippen MR) is 79.2 cm³/mol. The van der Waals surface area contributed by atoms with Gasteiger partial charge in [-0.2, -0.15) is 0 Å². The van der Waals surface area contributed by atoms with Gasteiger partial charge in [-0.15, -0.1) is 12.4 Å². The average molecular weight is 334 g/mol. The smallest absolute Gasteiger partial charge is 0.253 e. The molecule has 1 aromatic carbocycles. The highest BCUT2D eigenvalue weighted by molar-refractivity contribution is 9.10. The van der Waals surface area contributed by atoms with Crippen LogP contribution in [0.2, 0.25) is 0 Å². The van der Waals surface area contributed by atoms with Crippen molar-refractivity contribution in [1.82, 2.24) is 4.90 Å². The van der Waals surface area contributed by atoms with Gasteiger partial charge in [-0.1, -0.05) is 22.0 Å². The summed E-state index contributed by atoms with van der Waals surface area (Å²) in [4.78, 5) is 14.1. The van der Waals surface area contributed by atoms with E-state index in [0.29, 0.717) is 0 Å². The van der Waals surface area contributed by atoms with E-state index in [4.69, 9.17) is 5.73 Å². The van der Waals surface area contributed by atoms with Gasteiger partial charge in [0.15, 0.2) is 0 Å². The molecule has 0 atom stereocenters. The molecule has 0 unspecified atom stereocenters. The van der Waals surface area contributed by atoms with Gasteiger partial charge in [0, 0.05) is 29.2 Å². The molecule has 2 N–H and O–H groups in total. The molecule has 1 aromatic rings. The number of likely N-dealkylation sites (tertiary alicyclic amines) is 1. The number of nitrogens with zero attached hydrogens (tertiary/aromatic N) is 1. The fraction of sp³-hybridized carbons (Fsp3) is 0.462. The summed E-state index contributed by atoms with van der Waals surface area (Å²) in [6, 6.07) is 6.00. The molecule has 1 aliphatic heterocycles. The number of benzene rings is 1. The van der Waals surface area contributed by atoms with Crippen LogP contribution in [0.4, 0.5) is 0 Å². The standard InChI is InChI=1S/C13H17BrN2O.ClH/c1-9-2-3-10(8-12(9)14)13(17)16-6-4-11(15)5-7-16;/h2-3,8,11H,4-7,15H2,1H3;1H. The summed E-state index contributed by atoms with van der Waals surface area (Å²) in [7, 11) is 0. The molecular formula is C13H18BrClN2O. The first-order valence-corrected chi connectivity index (χ1v) is 6.68. The van der Waals surface area contributed by atoms with Gasteiger partial charge in [0.25, 0.3) is 5.91 Å². The number of carbonyl (C=O) groups excluding carboxylic acids is 1. The highest BCUT2D eigenvalue weighted by Crippen LogP contribution is 2.20. The van der Waals surface area contributed by atoms with Gasteiger partial charge >= 0.3 is 0 Å². The number of halogens is 2. The third kappa shape index (κ3) is 3.46. The first-order valence-electron chi connectivity index (χ1n) is 5.89. The van der Waals surface area contributed by atoms with E-state index >= 15 is 0 Å². The van der Waals surface area contributed by atoms with Crippen molar-refractivity contribution in [3.63, 3.8) is 0 Å². The van der Waals surface area contributed by atoms with Crippen molar-refractivity contribution in [2.24, 2.45) is 5.73 Å². The Morgan fingerprint density at radius 2 is 2.00 bits per heavy atom. The van der Waals surface area contributed by atoms with E-state index in [1.807, 2.05) is 30.0 Å². The Morgan fingerprint density at radius 1 is 1.39 bits per heavy atom. The number of aryl methyl sites for hydroxylation is 1. The van der Waals surface area contributed by atoms with E-state index in [2.05, 4.69) is 15.9 Å². The van der Waals surface area contributed by atoms with E-state index in [1.165, 1.54) is 0 Å². The van der Waals surface area contributed by atoms with Gasteiger partial charge in [0.05, 0.1) is 0 Å². The first kappa shape index (κ1) is 15.5. The monoisotopic (exact) mass is 332 g/mol. The van der Waals surface area contributed by atoms with Crippen molar-refractivity contribution in [1.29, 1.82) is 0 Å². The maximum atomic E-state index is 12.2. The van der Waals surface area contributed by atoms with E-state index in [9.17, 15) is 4.79 Å². The summed E-state index contributed by atoms with van der Waals surface area (Å²) in [5, 5.41) is 0. The van der Waals surface area contributed by atoms with Gasteiger partial charge in [0.2, 0.25) is 0 Å². The molecule has 0 aromatic heterocycles. The molecule has 0 bridgehead atoms. The van der Waals surface area contributed by atoms with E-state index in [1.54, 1.807) is 0 Å². The van der Waals surface area contributed by atoms with Crippen molar-refractivity contribution in [3.05, 3.63) is 33.8 Å². The minimum absolute atomic E-state index is 0. The van der Waals surface area contributed by atoms with Gasteiger partial charge in [-0.3, -0.25) is 4.79 Å². The third-order valence-electron chi connectivity index (χ3n) is 3.25. The number of nitrogens with two attached hydrogens (primary N) is 1. The number of piperidine rings is 1. The Hall–Kier alpha value is -0.580. The lowest BCUT2D eigenvalue weighted by Crippen LogP contribution is -2.42. The molecule has 100 valence electrons. The van der Waals surface area contributed by atoms with Crippen LogP contribution in [0.15, 0.2) is 22.7 Å². The summed E-state index contributed by atoms with van der Waals surface area (Å²) >= 11 is 3.46. The molecule has 1 amide bonds. The molecule has 1 aliphatic rings. The van der Waals surface area contributed by atoms with Crippen LogP contribution in [0, 0.1) is 6.92 Å². The lowest BCUT2D eigenvalue weighted by atomic mass is 10.0. The fourth-order valence-corrected chi connectivity index (χ4v) is 2.39. The van der Waals surface area contributed by atoms with E-state index in [-0.39, 0.29) is 24.4 Å². The normalized spacial score (nSPS) is 16.3. The highest BCUT2D eigenvalue weighted by atomic mass is 79.9. The second-order valence-electron chi connectivity index (χ2n) is 4.59. The van der Waals surface area contributed by atoms with Gasteiger partial charge in [-0.25, -0.2) is 0 Å². The van der Waals surface area contributed by atoms with Gasteiger partial charge in [-0.05, 0) is 37.5 Å². The van der Waals surface area contributed by atoms with Crippen molar-refractivity contribution < 1.29 is 4.79 Å². The number of hydrogen-bond donors (Lipinski definition) is 1. The number of hydrogen-bond acceptors (Lipinski definition) is 2. The van der Waals surface area contributed by atoms with Gasteiger partial charge < -0.3 is 10.6 Å². The topological polar surface area (TPSA) is 46.3 Å². The highest BCUT2D eigenvalue weighted by Gasteiger charge is 2.21. The van der Waals surface area contributed by atoms with Crippen LogP contribution < -0.4 is 5.73 Å². The average Bonchev–Trinajstić information content (AvgIpc) is 2.33. The van der Waals surface area contributed by atoms with Crippen molar-refractivity contribution in [3.8, 4) is 0 Å². The molecule has 1 heterocycles. The lowest BCUT2D eigenvalue weighted by Gasteiger charge is -2.30. The van der Waals surface area contributed by atoms with Gasteiger partial charge in [0.1, 0.15) is 0 Å². The molecule has 1 saturated heterocycles. The largest absolute Gasteiger partial charge is 0.339 e. The van der Waals surface area contributed by atoms with Crippen LogP contribution in [-0.2, 0) is 0 Å². The van der Waals surface area contributed by atoms with E-state index in [0.717, 1.165) is 41.5 Å². The molecule has 0 radical (unpaired) electrons. The van der Waals surface area contributed by atoms with Crippen molar-refractivity contribution in [2.75, 3.05) is 13.1 Å².